The number of piperidine rings is 3. The summed E-state index contributed by atoms with van der Waals surface area (Å²) < 4.78 is 48.5. The van der Waals surface area contributed by atoms with Crippen molar-refractivity contribution < 1.29 is 49.0 Å². The van der Waals surface area contributed by atoms with E-state index in [1.165, 1.54) is 48.5 Å². The first kappa shape index (κ1) is 28.0. The second-order valence-corrected chi connectivity index (χ2v) is 10.3. The van der Waals surface area contributed by atoms with Gasteiger partial charge in [-0.05, 0) is 53.4 Å². The molecule has 3 aliphatic rings. The lowest BCUT2D eigenvalue weighted by molar-refractivity contribution is -0.939. The van der Waals surface area contributed by atoms with Crippen molar-refractivity contribution in [2.75, 3.05) is 26.2 Å². The summed E-state index contributed by atoms with van der Waals surface area (Å²) in [4.78, 5) is 26.1. The van der Waals surface area contributed by atoms with Gasteiger partial charge in [0.05, 0.1) is 31.6 Å². The summed E-state index contributed by atoms with van der Waals surface area (Å²) in [7, 11) is 0. The molecule has 3 fully saturated rings. The van der Waals surface area contributed by atoms with Crippen LogP contribution in [0.25, 0.3) is 0 Å². The Kier molecular flexibility index (Phi) is 8.73. The number of hydrogen-bond acceptors (Lipinski definition) is 3. The summed E-state index contributed by atoms with van der Waals surface area (Å²) in [5, 5.41) is 0. The smallest absolute Gasteiger partial charge is 0.307 e. The molecule has 0 aromatic heterocycles. The molecule has 8 heteroatoms. The number of ketones is 1. The Bertz CT molecular complexity index is 1260. The molecule has 0 unspecified atom stereocenters. The zero-order chi connectivity index (χ0) is 26.0. The van der Waals surface area contributed by atoms with Crippen LogP contribution >= 0.6 is 0 Å². The maximum absolute atomic E-state index is 14.2. The first-order chi connectivity index (χ1) is 17.8. The summed E-state index contributed by atoms with van der Waals surface area (Å²) in [5.41, 5.74) is 0.949. The fourth-order valence-electron chi connectivity index (χ4n) is 6.03. The van der Waals surface area contributed by atoms with E-state index in [-0.39, 0.29) is 47.2 Å². The molecule has 4 nitrogen and oxygen atoms in total. The number of nitrogens with zero attached hydrogens (tertiary/aromatic N) is 1. The van der Waals surface area contributed by atoms with Crippen molar-refractivity contribution in [1.29, 1.82) is 0 Å². The Morgan fingerprint density at radius 1 is 0.868 bits per heavy atom. The van der Waals surface area contributed by atoms with E-state index in [1.807, 2.05) is 0 Å². The first-order valence-corrected chi connectivity index (χ1v) is 12.7. The highest BCUT2D eigenvalue weighted by atomic mass is 79.9. The minimum atomic E-state index is -0.939. The van der Waals surface area contributed by atoms with Crippen LogP contribution in [0.3, 0.4) is 0 Å². The normalized spacial score (nSPS) is 22.1. The SMILES string of the molecule is O=C(C[C@H]1C[N+]2(CC(=O)c3ccccc3F)CCC1CC2)OC(c1cccc(F)c1)c1cccc(F)c1.[Br-]. The molecule has 0 radical (unpaired) electrons. The van der Waals surface area contributed by atoms with Gasteiger partial charge < -0.3 is 26.2 Å². The lowest BCUT2D eigenvalue weighted by atomic mass is 9.75. The monoisotopic (exact) mass is 587 g/mol. The topological polar surface area (TPSA) is 43.4 Å². The van der Waals surface area contributed by atoms with Gasteiger partial charge in [0.15, 0.2) is 6.10 Å². The molecular formula is C30H29BrF3NO3. The van der Waals surface area contributed by atoms with Gasteiger partial charge in [-0.3, -0.25) is 9.59 Å². The van der Waals surface area contributed by atoms with Crippen molar-refractivity contribution in [1.82, 2.24) is 0 Å². The molecule has 3 aromatic rings. The van der Waals surface area contributed by atoms with E-state index >= 15 is 0 Å². The molecule has 6 rings (SSSR count). The molecule has 0 aliphatic carbocycles. The summed E-state index contributed by atoms with van der Waals surface area (Å²) in [6, 6.07) is 17.5. The van der Waals surface area contributed by atoms with Crippen molar-refractivity contribution in [2.45, 2.75) is 25.4 Å². The highest BCUT2D eigenvalue weighted by Gasteiger charge is 2.47. The zero-order valence-corrected chi connectivity index (χ0v) is 22.4. The van der Waals surface area contributed by atoms with Gasteiger partial charge in [0.25, 0.3) is 0 Å². The highest BCUT2D eigenvalue weighted by Crippen LogP contribution is 2.40. The fraction of sp³-hybridized carbons (Fsp3) is 0.333. The number of ether oxygens (including phenoxy) is 1. The molecular weight excluding hydrogens is 559 g/mol. The second kappa shape index (κ2) is 11.8. The van der Waals surface area contributed by atoms with Gasteiger partial charge in [-0.15, -0.1) is 0 Å². The third-order valence-corrected chi connectivity index (χ3v) is 7.87. The van der Waals surface area contributed by atoms with E-state index in [4.69, 9.17) is 4.74 Å². The van der Waals surface area contributed by atoms with Gasteiger partial charge in [0.1, 0.15) is 24.0 Å². The van der Waals surface area contributed by atoms with Crippen LogP contribution in [0, 0.1) is 29.3 Å². The Hall–Kier alpha value is -2.97. The molecule has 3 aromatic carbocycles. The average Bonchev–Trinajstić information content (AvgIpc) is 2.88. The van der Waals surface area contributed by atoms with Crippen molar-refractivity contribution in [3.05, 3.63) is 107 Å². The molecule has 0 amide bonds. The predicted molar refractivity (Wildman–Crippen MR) is 132 cm³/mol. The van der Waals surface area contributed by atoms with Crippen LogP contribution in [0.1, 0.15) is 46.9 Å². The van der Waals surface area contributed by atoms with Gasteiger partial charge >= 0.3 is 5.97 Å². The number of quaternary nitrogens is 1. The van der Waals surface area contributed by atoms with Crippen LogP contribution in [-0.2, 0) is 9.53 Å². The first-order valence-electron chi connectivity index (χ1n) is 12.7. The highest BCUT2D eigenvalue weighted by molar-refractivity contribution is 5.97. The van der Waals surface area contributed by atoms with Crippen LogP contribution in [0.15, 0.2) is 72.8 Å². The van der Waals surface area contributed by atoms with Gasteiger partial charge in [-0.1, -0.05) is 36.4 Å². The summed E-state index contributed by atoms with van der Waals surface area (Å²) in [6.07, 6.45) is 0.991. The van der Waals surface area contributed by atoms with E-state index < -0.39 is 29.5 Å². The van der Waals surface area contributed by atoms with E-state index in [1.54, 1.807) is 24.3 Å². The van der Waals surface area contributed by atoms with E-state index in [0.717, 1.165) is 25.9 Å². The Morgan fingerprint density at radius 2 is 1.47 bits per heavy atom. The molecule has 0 saturated carbocycles. The Labute approximate surface area is 230 Å². The van der Waals surface area contributed by atoms with Crippen LogP contribution in [0.5, 0.6) is 0 Å². The fourth-order valence-corrected chi connectivity index (χ4v) is 6.03. The van der Waals surface area contributed by atoms with Gasteiger partial charge in [0, 0.05) is 18.8 Å². The Balaban J connectivity index is 0.00000336. The third-order valence-electron chi connectivity index (χ3n) is 7.87. The standard InChI is InChI=1S/C30H29F3NO3.BrH/c31-24-7-3-5-21(15-24)30(22-6-4-8-25(32)16-22)37-29(36)17-23-18-34(13-11-20(23)12-14-34)19-28(35)26-9-1-2-10-27(26)33;/h1-10,15-16,20,23,30H,11-14,17-19H2;1H/q+1;/p-1/t20?,23-,34?;/m0./s1. The number of benzene rings is 3. The number of carbonyl (C=O) groups is 2. The maximum Gasteiger partial charge on any atom is 0.307 e. The lowest BCUT2D eigenvalue weighted by Gasteiger charge is -2.52. The number of esters is 1. The van der Waals surface area contributed by atoms with E-state index in [2.05, 4.69) is 0 Å². The summed E-state index contributed by atoms with van der Waals surface area (Å²) in [6.45, 7) is 2.50. The number of hydrogen-bond donors (Lipinski definition) is 0. The van der Waals surface area contributed by atoms with Crippen molar-refractivity contribution >= 4 is 11.8 Å². The van der Waals surface area contributed by atoms with Gasteiger partial charge in [0.2, 0.25) is 5.78 Å². The molecule has 3 heterocycles. The van der Waals surface area contributed by atoms with Crippen molar-refractivity contribution in [3.63, 3.8) is 0 Å². The average molecular weight is 588 g/mol. The minimum absolute atomic E-state index is 0. The van der Waals surface area contributed by atoms with E-state index in [9.17, 15) is 22.8 Å². The van der Waals surface area contributed by atoms with Crippen molar-refractivity contribution in [3.8, 4) is 0 Å². The van der Waals surface area contributed by atoms with Crippen LogP contribution in [-0.4, -0.2) is 42.4 Å². The molecule has 38 heavy (non-hydrogen) atoms. The van der Waals surface area contributed by atoms with Gasteiger partial charge in [-0.2, -0.15) is 0 Å². The van der Waals surface area contributed by atoms with Crippen LogP contribution in [0.2, 0.25) is 0 Å². The minimum Gasteiger partial charge on any atom is -1.00 e. The number of rotatable bonds is 8. The van der Waals surface area contributed by atoms with Crippen molar-refractivity contribution in [2.24, 2.45) is 11.8 Å². The number of fused-ring (bicyclic) bond motifs is 3. The summed E-state index contributed by atoms with van der Waals surface area (Å²) >= 11 is 0. The molecule has 200 valence electrons. The molecule has 2 bridgehead atoms. The molecule has 1 atom stereocenters. The largest absolute Gasteiger partial charge is 1.00 e. The van der Waals surface area contributed by atoms with E-state index in [0.29, 0.717) is 28.1 Å². The predicted octanol–water partition coefficient (Wildman–Crippen LogP) is 2.87. The van der Waals surface area contributed by atoms with Crippen LogP contribution < -0.4 is 17.0 Å². The molecule has 3 saturated heterocycles. The maximum atomic E-state index is 14.2. The summed E-state index contributed by atoms with van der Waals surface area (Å²) in [5.74, 6) is -1.77. The number of halogens is 4. The lowest BCUT2D eigenvalue weighted by Crippen LogP contribution is -3.00. The molecule has 0 N–H and O–H groups in total. The number of Topliss-reactive ketones (excluding diaryl/α,β-unsaturated/α-hetero) is 1. The van der Waals surface area contributed by atoms with Crippen LogP contribution in [0.4, 0.5) is 13.2 Å². The Morgan fingerprint density at radius 3 is 2.05 bits per heavy atom. The third kappa shape index (κ3) is 6.18. The quantitative estimate of drug-likeness (QED) is 0.231. The zero-order valence-electron chi connectivity index (χ0n) is 20.8. The molecule has 3 aliphatic heterocycles. The van der Waals surface area contributed by atoms with Gasteiger partial charge in [-0.25, -0.2) is 13.2 Å². The number of carbonyl (C=O) groups excluding carboxylic acids is 2. The second-order valence-electron chi connectivity index (χ2n) is 10.3. The molecule has 0 spiro atoms.